The predicted molar refractivity (Wildman–Crippen MR) is 105 cm³/mol. The zero-order valence-electron chi connectivity index (χ0n) is 18.0. The number of ether oxygens (including phenoxy) is 3. The zero-order chi connectivity index (χ0) is 21.1. The largest absolute Gasteiger partial charge is 0.469 e. The second kappa shape index (κ2) is 5.56. The van der Waals surface area contributed by atoms with Crippen LogP contribution in [0.15, 0.2) is 11.6 Å². The number of hydrogen-bond acceptors (Lipinski definition) is 6. The molecule has 2 aliphatic heterocycles. The maximum Gasteiger partial charge on any atom is 0.309 e. The molecule has 1 unspecified atom stereocenters. The molecule has 0 amide bonds. The van der Waals surface area contributed by atoms with Crippen LogP contribution in [0.4, 0.5) is 0 Å². The third-order valence-corrected chi connectivity index (χ3v) is 10.2. The van der Waals surface area contributed by atoms with Gasteiger partial charge in [-0.25, -0.2) is 0 Å². The van der Waals surface area contributed by atoms with E-state index in [1.165, 1.54) is 7.11 Å². The van der Waals surface area contributed by atoms with E-state index in [2.05, 4.69) is 13.8 Å². The van der Waals surface area contributed by atoms with Crippen LogP contribution in [0.3, 0.4) is 0 Å². The van der Waals surface area contributed by atoms with Crippen LogP contribution in [0.2, 0.25) is 0 Å². The third-order valence-electron chi connectivity index (χ3n) is 10.2. The third kappa shape index (κ3) is 1.94. The molecule has 0 aromatic rings. The summed E-state index contributed by atoms with van der Waals surface area (Å²) in [5, 5.41) is 0. The highest BCUT2D eigenvalue weighted by Gasteiger charge is 2.83. The highest BCUT2D eigenvalue weighted by molar-refractivity contribution is 5.92. The molecule has 0 aromatic heterocycles. The Morgan fingerprint density at radius 1 is 1.17 bits per heavy atom. The molecule has 5 fully saturated rings. The van der Waals surface area contributed by atoms with E-state index in [1.54, 1.807) is 6.08 Å². The maximum absolute atomic E-state index is 13.0. The molecule has 6 nitrogen and oxygen atoms in total. The molecular formula is C24H30O6. The van der Waals surface area contributed by atoms with Crippen molar-refractivity contribution in [3.63, 3.8) is 0 Å². The van der Waals surface area contributed by atoms with E-state index in [1.807, 2.05) is 0 Å². The lowest BCUT2D eigenvalue weighted by molar-refractivity contribution is -0.172. The fraction of sp³-hybridized carbons (Fsp3) is 0.792. The Hall–Kier alpha value is -1.69. The summed E-state index contributed by atoms with van der Waals surface area (Å²) >= 11 is 0. The van der Waals surface area contributed by atoms with Crippen LogP contribution in [0.25, 0.3) is 0 Å². The Balaban J connectivity index is 1.49. The van der Waals surface area contributed by atoms with Crippen molar-refractivity contribution < 1.29 is 28.6 Å². The highest BCUT2D eigenvalue weighted by atomic mass is 16.6. The van der Waals surface area contributed by atoms with Crippen LogP contribution in [0.5, 0.6) is 0 Å². The van der Waals surface area contributed by atoms with Crippen molar-refractivity contribution in [1.82, 2.24) is 0 Å². The van der Waals surface area contributed by atoms with Gasteiger partial charge < -0.3 is 14.2 Å². The topological polar surface area (TPSA) is 82.2 Å². The quantitative estimate of drug-likeness (QED) is 0.484. The number of fused-ring (bicyclic) bond motifs is 4. The molecule has 6 rings (SSSR count). The molecule has 2 heterocycles. The van der Waals surface area contributed by atoms with E-state index >= 15 is 0 Å². The Kier molecular flexibility index (Phi) is 3.53. The van der Waals surface area contributed by atoms with E-state index < -0.39 is 11.2 Å². The summed E-state index contributed by atoms with van der Waals surface area (Å²) in [6.45, 7) is 4.51. The second-order valence-electron chi connectivity index (χ2n) is 11.0. The van der Waals surface area contributed by atoms with Crippen LogP contribution < -0.4 is 0 Å². The molecule has 6 aliphatic rings. The van der Waals surface area contributed by atoms with Crippen molar-refractivity contribution in [2.45, 2.75) is 82.5 Å². The maximum atomic E-state index is 13.0. The molecular weight excluding hydrogens is 384 g/mol. The van der Waals surface area contributed by atoms with Crippen molar-refractivity contribution in [2.24, 2.45) is 28.6 Å². The summed E-state index contributed by atoms with van der Waals surface area (Å²) in [6.07, 6.45) is 7.61. The van der Waals surface area contributed by atoms with Crippen molar-refractivity contribution in [1.29, 1.82) is 0 Å². The van der Waals surface area contributed by atoms with Crippen LogP contribution >= 0.6 is 0 Å². The predicted octanol–water partition coefficient (Wildman–Crippen LogP) is 3.12. The first kappa shape index (κ1) is 19.0. The van der Waals surface area contributed by atoms with Gasteiger partial charge in [-0.15, -0.1) is 0 Å². The van der Waals surface area contributed by atoms with Gasteiger partial charge in [0.15, 0.2) is 5.78 Å². The molecule has 2 saturated heterocycles. The molecule has 8 atom stereocenters. The number of carbonyl (C=O) groups excluding carboxylic acids is 3. The first-order chi connectivity index (χ1) is 14.2. The Morgan fingerprint density at radius 2 is 1.97 bits per heavy atom. The molecule has 4 aliphatic carbocycles. The van der Waals surface area contributed by atoms with Gasteiger partial charge in [0.25, 0.3) is 0 Å². The minimum atomic E-state index is -0.424. The Bertz CT molecular complexity index is 907. The number of carbonyl (C=O) groups is 3. The van der Waals surface area contributed by atoms with E-state index in [0.717, 1.165) is 37.7 Å². The van der Waals surface area contributed by atoms with Gasteiger partial charge in [0, 0.05) is 29.6 Å². The fourth-order valence-electron chi connectivity index (χ4n) is 8.69. The number of rotatable bonds is 1. The molecule has 0 radical (unpaired) electrons. The lowest BCUT2D eigenvalue weighted by atomic mass is 9.43. The minimum absolute atomic E-state index is 0.0303. The summed E-state index contributed by atoms with van der Waals surface area (Å²) in [7, 11) is 1.45. The van der Waals surface area contributed by atoms with Crippen molar-refractivity contribution in [3.8, 4) is 0 Å². The molecule has 6 heteroatoms. The number of methoxy groups -OCH3 is 1. The van der Waals surface area contributed by atoms with Crippen molar-refractivity contribution >= 4 is 17.7 Å². The van der Waals surface area contributed by atoms with E-state index in [-0.39, 0.29) is 52.4 Å². The van der Waals surface area contributed by atoms with Crippen LogP contribution in [-0.2, 0) is 28.6 Å². The Morgan fingerprint density at radius 3 is 2.67 bits per heavy atom. The van der Waals surface area contributed by atoms with Gasteiger partial charge in [-0.05, 0) is 50.5 Å². The van der Waals surface area contributed by atoms with Gasteiger partial charge in [0.05, 0.1) is 19.1 Å². The van der Waals surface area contributed by atoms with Crippen molar-refractivity contribution in [3.05, 3.63) is 11.6 Å². The van der Waals surface area contributed by atoms with Gasteiger partial charge in [-0.1, -0.05) is 19.4 Å². The molecule has 3 saturated carbocycles. The van der Waals surface area contributed by atoms with Gasteiger partial charge in [0.2, 0.25) is 0 Å². The summed E-state index contributed by atoms with van der Waals surface area (Å²) < 4.78 is 17.9. The van der Waals surface area contributed by atoms with E-state index in [4.69, 9.17) is 14.2 Å². The highest BCUT2D eigenvalue weighted by Crippen LogP contribution is 2.78. The molecule has 162 valence electrons. The summed E-state index contributed by atoms with van der Waals surface area (Å²) in [6, 6.07) is 0. The second-order valence-corrected chi connectivity index (χ2v) is 11.0. The molecule has 2 spiro atoms. The van der Waals surface area contributed by atoms with Gasteiger partial charge >= 0.3 is 11.9 Å². The van der Waals surface area contributed by atoms with E-state index in [9.17, 15) is 14.4 Å². The fourth-order valence-corrected chi connectivity index (χ4v) is 8.69. The van der Waals surface area contributed by atoms with Crippen molar-refractivity contribution in [2.75, 3.05) is 7.11 Å². The number of epoxide rings is 1. The molecule has 0 N–H and O–H groups in total. The van der Waals surface area contributed by atoms with Gasteiger partial charge in [-0.2, -0.15) is 0 Å². The average molecular weight is 414 g/mol. The first-order valence-corrected chi connectivity index (χ1v) is 11.4. The van der Waals surface area contributed by atoms with Gasteiger partial charge in [-0.3, -0.25) is 14.4 Å². The smallest absolute Gasteiger partial charge is 0.309 e. The van der Waals surface area contributed by atoms with Crippen LogP contribution in [0.1, 0.15) is 65.2 Å². The average Bonchev–Trinajstić information content (AvgIpc) is 3.20. The monoisotopic (exact) mass is 414 g/mol. The summed E-state index contributed by atoms with van der Waals surface area (Å²) in [5.41, 5.74) is -0.175. The van der Waals surface area contributed by atoms with Crippen LogP contribution in [0, 0.1) is 28.6 Å². The lowest BCUT2D eigenvalue weighted by Crippen LogP contribution is -2.63. The summed E-state index contributed by atoms with van der Waals surface area (Å²) in [5.74, 6) is -0.201. The number of hydrogen-bond donors (Lipinski definition) is 0. The van der Waals surface area contributed by atoms with E-state index in [0.29, 0.717) is 19.3 Å². The zero-order valence-corrected chi connectivity index (χ0v) is 18.0. The molecule has 30 heavy (non-hydrogen) atoms. The summed E-state index contributed by atoms with van der Waals surface area (Å²) in [4.78, 5) is 37.4. The van der Waals surface area contributed by atoms with Gasteiger partial charge in [0.1, 0.15) is 11.2 Å². The Labute approximate surface area is 176 Å². The molecule has 0 bridgehead atoms. The normalized spacial score (nSPS) is 53.2. The van der Waals surface area contributed by atoms with Crippen LogP contribution in [-0.4, -0.2) is 42.1 Å². The number of esters is 2. The molecule has 0 aromatic carbocycles. The lowest BCUT2D eigenvalue weighted by Gasteiger charge is -2.58. The SMILES string of the molecule is COC(=O)C1CC2=CC(=O)CC[C@]2(C)[C@@]23O[C@@H]2C[C@@]2(C)[C@@H](CC[C@@]24CCC(=O)O4)[C@H]13. The number of ketones is 1. The standard InChI is InChI=1S/C24H30O6/c1-21-7-4-14(25)10-13(21)11-15(20(27)28-3)19-16-5-8-23(9-6-18(26)30-23)22(16,2)12-17-24(19,21)29-17/h10,15-17,19H,4-9,11-12H2,1-3H3/t15?,16-,17+,19-,21-,22-,23+,24+/m0/s1. The first-order valence-electron chi connectivity index (χ1n) is 11.4. The minimum Gasteiger partial charge on any atom is -0.469 e.